The molecule has 0 radical (unpaired) electrons. The molecule has 0 bridgehead atoms. The van der Waals surface area contributed by atoms with Gasteiger partial charge in [-0.05, 0) is 31.2 Å². The first kappa shape index (κ1) is 11.9. The third kappa shape index (κ3) is 2.43. The van der Waals surface area contributed by atoms with Crippen molar-refractivity contribution in [1.82, 2.24) is 0 Å². The van der Waals surface area contributed by atoms with Crippen LogP contribution in [0.15, 0.2) is 4.90 Å². The molecule has 1 aromatic heterocycles. The van der Waals surface area contributed by atoms with Crippen molar-refractivity contribution in [3.63, 3.8) is 0 Å². The van der Waals surface area contributed by atoms with Crippen molar-refractivity contribution in [1.29, 1.82) is 5.26 Å². The fourth-order valence-corrected chi connectivity index (χ4v) is 2.71. The van der Waals surface area contributed by atoms with Gasteiger partial charge in [-0.1, -0.05) is 0 Å². The molecule has 0 unspecified atom stereocenters. The smallest absolute Gasteiger partial charge is 0.348 e. The van der Waals surface area contributed by atoms with E-state index in [1.807, 2.05) is 5.40 Å². The normalized spacial score (nSPS) is 9.67. The number of carbonyl (C=O) groups excluding carboxylic acids is 1. The van der Waals surface area contributed by atoms with Crippen molar-refractivity contribution in [3.05, 3.63) is 10.4 Å². The minimum absolute atomic E-state index is 0.330. The number of thiocyanates is 1. The molecule has 4 nitrogen and oxygen atoms in total. The van der Waals surface area contributed by atoms with Crippen LogP contribution in [0, 0.1) is 17.6 Å². The van der Waals surface area contributed by atoms with Crippen LogP contribution in [0.1, 0.15) is 22.2 Å². The van der Waals surface area contributed by atoms with Crippen LogP contribution < -0.4 is 5.73 Å². The van der Waals surface area contributed by atoms with Gasteiger partial charge in [0.2, 0.25) is 0 Å². The van der Waals surface area contributed by atoms with E-state index in [2.05, 4.69) is 0 Å². The third-order valence-corrected chi connectivity index (χ3v) is 3.78. The topological polar surface area (TPSA) is 76.1 Å². The summed E-state index contributed by atoms with van der Waals surface area (Å²) in [6.07, 6.45) is 0. The standard InChI is InChI=1S/C9H10N2O2S2/c1-3-13-9(12)7-5(2)6(14-4-10)8(11)15-7/h3,11H2,1-2H3. The Labute approximate surface area is 96.0 Å². The van der Waals surface area contributed by atoms with Crippen LogP contribution in [0.25, 0.3) is 0 Å². The third-order valence-electron chi connectivity index (χ3n) is 1.73. The number of esters is 1. The van der Waals surface area contributed by atoms with Crippen molar-refractivity contribution in [2.75, 3.05) is 12.3 Å². The molecule has 0 amide bonds. The Balaban J connectivity index is 3.07. The van der Waals surface area contributed by atoms with Crippen molar-refractivity contribution in [3.8, 4) is 5.40 Å². The fraction of sp³-hybridized carbons (Fsp3) is 0.333. The Bertz CT molecular complexity index is 420. The Kier molecular flexibility index (Phi) is 4.00. The summed E-state index contributed by atoms with van der Waals surface area (Å²) in [5.74, 6) is -0.378. The van der Waals surface area contributed by atoms with Crippen LogP contribution in [0.5, 0.6) is 0 Å². The molecule has 1 rings (SSSR count). The number of anilines is 1. The van der Waals surface area contributed by atoms with Gasteiger partial charge in [0.15, 0.2) is 0 Å². The Hall–Kier alpha value is -1.19. The molecule has 0 aliphatic carbocycles. The van der Waals surface area contributed by atoms with E-state index in [0.717, 1.165) is 28.7 Å². The molecule has 0 aliphatic rings. The van der Waals surface area contributed by atoms with Gasteiger partial charge in [0, 0.05) is 0 Å². The van der Waals surface area contributed by atoms with Crippen LogP contribution in [0.3, 0.4) is 0 Å². The predicted molar refractivity (Wildman–Crippen MR) is 60.9 cm³/mol. The second-order valence-corrected chi connectivity index (χ2v) is 4.51. The predicted octanol–water partition coefficient (Wildman–Crippen LogP) is 2.39. The summed E-state index contributed by atoms with van der Waals surface area (Å²) in [4.78, 5) is 12.6. The first-order chi connectivity index (χ1) is 7.11. The van der Waals surface area contributed by atoms with Gasteiger partial charge in [-0.3, -0.25) is 0 Å². The van der Waals surface area contributed by atoms with E-state index in [9.17, 15) is 4.79 Å². The molecule has 0 saturated carbocycles. The van der Waals surface area contributed by atoms with Crippen LogP contribution >= 0.6 is 23.1 Å². The zero-order chi connectivity index (χ0) is 11.4. The van der Waals surface area contributed by atoms with Gasteiger partial charge in [0.05, 0.1) is 11.5 Å². The molecule has 0 atom stereocenters. The van der Waals surface area contributed by atoms with E-state index in [1.54, 1.807) is 13.8 Å². The summed E-state index contributed by atoms with van der Waals surface area (Å²) in [5.41, 5.74) is 6.43. The molecule has 1 aromatic rings. The molecule has 2 N–H and O–H groups in total. The molecule has 6 heteroatoms. The maximum atomic E-state index is 11.5. The summed E-state index contributed by atoms with van der Waals surface area (Å²) in [5, 5.41) is 11.0. The van der Waals surface area contributed by atoms with E-state index in [1.165, 1.54) is 0 Å². The maximum absolute atomic E-state index is 11.5. The average molecular weight is 242 g/mol. The minimum atomic E-state index is -0.378. The summed E-state index contributed by atoms with van der Waals surface area (Å²) in [6, 6.07) is 0. The van der Waals surface area contributed by atoms with Gasteiger partial charge in [0.25, 0.3) is 0 Å². The Morgan fingerprint density at radius 3 is 2.93 bits per heavy atom. The quantitative estimate of drug-likeness (QED) is 0.500. The summed E-state index contributed by atoms with van der Waals surface area (Å²) in [6.45, 7) is 3.84. The number of nitrogens with two attached hydrogens (primary N) is 1. The van der Waals surface area contributed by atoms with E-state index in [-0.39, 0.29) is 5.97 Å². The molecule has 0 fully saturated rings. The average Bonchev–Trinajstić information content (AvgIpc) is 2.47. The van der Waals surface area contributed by atoms with Crippen LogP contribution in [-0.2, 0) is 4.74 Å². The van der Waals surface area contributed by atoms with E-state index in [4.69, 9.17) is 15.7 Å². The number of thiophene rings is 1. The summed E-state index contributed by atoms with van der Waals surface area (Å²) >= 11 is 2.13. The van der Waals surface area contributed by atoms with Crippen LogP contribution in [-0.4, -0.2) is 12.6 Å². The lowest BCUT2D eigenvalue weighted by atomic mass is 10.3. The Morgan fingerprint density at radius 1 is 1.73 bits per heavy atom. The SMILES string of the molecule is CCOC(=O)c1sc(N)c(SC#N)c1C. The lowest BCUT2D eigenvalue weighted by Crippen LogP contribution is -2.03. The monoisotopic (exact) mass is 242 g/mol. The largest absolute Gasteiger partial charge is 0.462 e. The lowest BCUT2D eigenvalue weighted by molar-refractivity contribution is 0.0531. The fourth-order valence-electron chi connectivity index (χ4n) is 1.08. The van der Waals surface area contributed by atoms with Gasteiger partial charge in [0.1, 0.15) is 15.3 Å². The molecular formula is C9H10N2O2S2. The highest BCUT2D eigenvalue weighted by molar-refractivity contribution is 8.04. The first-order valence-corrected chi connectivity index (χ1v) is 5.87. The molecular weight excluding hydrogens is 232 g/mol. The Morgan fingerprint density at radius 2 is 2.40 bits per heavy atom. The molecule has 1 heterocycles. The second-order valence-electron chi connectivity index (χ2n) is 2.66. The highest BCUT2D eigenvalue weighted by Gasteiger charge is 2.19. The lowest BCUT2D eigenvalue weighted by Gasteiger charge is -1.99. The number of carbonyl (C=O) groups is 1. The molecule has 15 heavy (non-hydrogen) atoms. The number of nitrogen functional groups attached to an aromatic ring is 1. The van der Waals surface area contributed by atoms with E-state index >= 15 is 0 Å². The molecule has 0 aliphatic heterocycles. The summed E-state index contributed by atoms with van der Waals surface area (Å²) < 4.78 is 4.88. The zero-order valence-electron chi connectivity index (χ0n) is 8.36. The van der Waals surface area contributed by atoms with E-state index < -0.39 is 0 Å². The van der Waals surface area contributed by atoms with Crippen molar-refractivity contribution < 1.29 is 9.53 Å². The van der Waals surface area contributed by atoms with Crippen molar-refractivity contribution in [2.45, 2.75) is 18.7 Å². The highest BCUT2D eigenvalue weighted by atomic mass is 32.2. The molecule has 0 saturated heterocycles. The van der Waals surface area contributed by atoms with Gasteiger partial charge in [-0.25, -0.2) is 4.79 Å². The van der Waals surface area contributed by atoms with Crippen molar-refractivity contribution in [2.24, 2.45) is 0 Å². The molecule has 80 valence electrons. The number of nitriles is 1. The second kappa shape index (κ2) is 5.05. The zero-order valence-corrected chi connectivity index (χ0v) is 10.00. The van der Waals surface area contributed by atoms with Gasteiger partial charge in [-0.15, -0.1) is 11.3 Å². The van der Waals surface area contributed by atoms with Gasteiger partial charge >= 0.3 is 5.97 Å². The summed E-state index contributed by atoms with van der Waals surface area (Å²) in [7, 11) is 0. The van der Waals surface area contributed by atoms with Crippen LogP contribution in [0.2, 0.25) is 0 Å². The van der Waals surface area contributed by atoms with Gasteiger partial charge in [-0.2, -0.15) is 5.26 Å². The number of ether oxygens (including phenoxy) is 1. The van der Waals surface area contributed by atoms with Crippen LogP contribution in [0.4, 0.5) is 5.00 Å². The maximum Gasteiger partial charge on any atom is 0.348 e. The van der Waals surface area contributed by atoms with E-state index in [0.29, 0.717) is 21.4 Å². The number of nitrogens with zero attached hydrogens (tertiary/aromatic N) is 1. The number of hydrogen-bond donors (Lipinski definition) is 1. The number of rotatable bonds is 3. The minimum Gasteiger partial charge on any atom is -0.462 e. The number of thioether (sulfide) groups is 1. The molecule has 0 spiro atoms. The van der Waals surface area contributed by atoms with Crippen molar-refractivity contribution >= 4 is 34.1 Å². The molecule has 0 aromatic carbocycles. The van der Waals surface area contributed by atoms with Gasteiger partial charge < -0.3 is 10.5 Å². The highest BCUT2D eigenvalue weighted by Crippen LogP contribution is 2.37. The number of hydrogen-bond acceptors (Lipinski definition) is 6. The first-order valence-electron chi connectivity index (χ1n) is 4.23.